The summed E-state index contributed by atoms with van der Waals surface area (Å²) in [6, 6.07) is 0. The van der Waals surface area contributed by atoms with Crippen LogP contribution in [-0.2, 0) is 10.0 Å². The van der Waals surface area contributed by atoms with Crippen molar-refractivity contribution >= 4 is 10.0 Å². The van der Waals surface area contributed by atoms with Crippen LogP contribution < -0.4 is 4.72 Å². The quantitative estimate of drug-likeness (QED) is 0.808. The Morgan fingerprint density at radius 2 is 1.78 bits per heavy atom. The highest BCUT2D eigenvalue weighted by atomic mass is 32.2. The van der Waals surface area contributed by atoms with Gasteiger partial charge in [-0.1, -0.05) is 40.0 Å². The summed E-state index contributed by atoms with van der Waals surface area (Å²) in [6.07, 6.45) is 4.63. The number of aliphatic hydroxyl groups excluding tert-OH is 1. The maximum absolute atomic E-state index is 12.0. The molecule has 1 saturated carbocycles. The van der Waals surface area contributed by atoms with E-state index < -0.39 is 16.1 Å². The Morgan fingerprint density at radius 3 is 2.28 bits per heavy atom. The normalized spacial score (nSPS) is 20.9. The van der Waals surface area contributed by atoms with E-state index in [-0.39, 0.29) is 17.2 Å². The average Bonchev–Trinajstić information content (AvgIpc) is 2.26. The van der Waals surface area contributed by atoms with Gasteiger partial charge in [0.15, 0.2) is 0 Å². The summed E-state index contributed by atoms with van der Waals surface area (Å²) in [5, 5.41) is 9.56. The van der Waals surface area contributed by atoms with E-state index in [4.69, 9.17) is 0 Å². The molecule has 5 heteroatoms. The van der Waals surface area contributed by atoms with Gasteiger partial charge in [0.1, 0.15) is 0 Å². The molecule has 1 unspecified atom stereocenters. The first-order valence-electron chi connectivity index (χ1n) is 6.87. The summed E-state index contributed by atoms with van der Waals surface area (Å²) in [7, 11) is -3.24. The van der Waals surface area contributed by atoms with Gasteiger partial charge in [-0.15, -0.1) is 0 Å². The first kappa shape index (κ1) is 15.9. The molecular formula is C13H27NO3S. The second-order valence-corrected chi connectivity index (χ2v) is 8.62. The van der Waals surface area contributed by atoms with E-state index in [1.807, 2.05) is 20.8 Å². The zero-order valence-electron chi connectivity index (χ0n) is 11.8. The van der Waals surface area contributed by atoms with Crippen molar-refractivity contribution in [2.45, 2.75) is 70.7 Å². The van der Waals surface area contributed by atoms with Crippen molar-refractivity contribution < 1.29 is 13.5 Å². The van der Waals surface area contributed by atoms with Gasteiger partial charge in [-0.25, -0.2) is 13.1 Å². The van der Waals surface area contributed by atoms with Gasteiger partial charge in [0.05, 0.1) is 11.4 Å². The van der Waals surface area contributed by atoms with Crippen LogP contribution in [0.15, 0.2) is 0 Å². The predicted molar refractivity (Wildman–Crippen MR) is 73.9 cm³/mol. The molecule has 0 saturated heterocycles. The molecule has 108 valence electrons. The van der Waals surface area contributed by atoms with Crippen LogP contribution in [0.4, 0.5) is 0 Å². The van der Waals surface area contributed by atoms with Crippen molar-refractivity contribution in [1.82, 2.24) is 4.72 Å². The molecule has 1 aliphatic carbocycles. The third kappa shape index (κ3) is 5.67. The Morgan fingerprint density at radius 1 is 1.22 bits per heavy atom. The standard InChI is InChI=1S/C13H27NO3S/c1-13(2,3)9-11(15)10-14-18(16,17)12-7-5-4-6-8-12/h11-12,14-15H,4-10H2,1-3H3. The third-order valence-electron chi connectivity index (χ3n) is 3.36. The van der Waals surface area contributed by atoms with Crippen LogP contribution in [0.2, 0.25) is 0 Å². The Labute approximate surface area is 111 Å². The molecule has 1 fully saturated rings. The van der Waals surface area contributed by atoms with Crippen LogP contribution >= 0.6 is 0 Å². The lowest BCUT2D eigenvalue weighted by Crippen LogP contribution is -2.40. The van der Waals surface area contributed by atoms with E-state index in [0.717, 1.165) is 32.1 Å². The van der Waals surface area contributed by atoms with E-state index in [1.54, 1.807) is 0 Å². The van der Waals surface area contributed by atoms with Gasteiger partial charge in [0.25, 0.3) is 0 Å². The maximum atomic E-state index is 12.0. The maximum Gasteiger partial charge on any atom is 0.214 e. The van der Waals surface area contributed by atoms with Gasteiger partial charge in [-0.05, 0) is 24.7 Å². The van der Waals surface area contributed by atoms with E-state index in [1.165, 1.54) is 0 Å². The fourth-order valence-electron chi connectivity index (χ4n) is 2.48. The van der Waals surface area contributed by atoms with Crippen LogP contribution in [0.1, 0.15) is 59.3 Å². The molecule has 0 bridgehead atoms. The average molecular weight is 277 g/mol. The van der Waals surface area contributed by atoms with Crippen molar-refractivity contribution in [3.8, 4) is 0 Å². The molecule has 0 aromatic rings. The number of hydrogen-bond acceptors (Lipinski definition) is 3. The third-order valence-corrected chi connectivity index (χ3v) is 5.28. The van der Waals surface area contributed by atoms with Gasteiger partial charge >= 0.3 is 0 Å². The van der Waals surface area contributed by atoms with E-state index in [9.17, 15) is 13.5 Å². The van der Waals surface area contributed by atoms with Crippen molar-refractivity contribution in [1.29, 1.82) is 0 Å². The first-order valence-corrected chi connectivity index (χ1v) is 8.42. The number of rotatable bonds is 5. The lowest BCUT2D eigenvalue weighted by atomic mass is 9.89. The summed E-state index contributed by atoms with van der Waals surface area (Å²) in [6.45, 7) is 6.24. The first-order chi connectivity index (χ1) is 8.21. The molecule has 0 aromatic carbocycles. The molecule has 0 radical (unpaired) electrons. The van der Waals surface area contributed by atoms with Crippen LogP contribution in [0.5, 0.6) is 0 Å². The largest absolute Gasteiger partial charge is 0.392 e. The van der Waals surface area contributed by atoms with Crippen molar-refractivity contribution in [2.24, 2.45) is 5.41 Å². The predicted octanol–water partition coefficient (Wildman–Crippen LogP) is 2.04. The van der Waals surface area contributed by atoms with Gasteiger partial charge in [0.2, 0.25) is 10.0 Å². The van der Waals surface area contributed by atoms with Gasteiger partial charge < -0.3 is 5.11 Å². The molecule has 0 amide bonds. The van der Waals surface area contributed by atoms with Crippen molar-refractivity contribution in [2.75, 3.05) is 6.54 Å². The van der Waals surface area contributed by atoms with Crippen LogP contribution in [0.3, 0.4) is 0 Å². The summed E-state index contributed by atoms with van der Waals surface area (Å²) >= 11 is 0. The van der Waals surface area contributed by atoms with Crippen LogP contribution in [-0.4, -0.2) is 31.4 Å². The van der Waals surface area contributed by atoms with Crippen LogP contribution in [0, 0.1) is 5.41 Å². The summed E-state index contributed by atoms with van der Waals surface area (Å²) < 4.78 is 26.6. The minimum atomic E-state index is -3.24. The number of sulfonamides is 1. The highest BCUT2D eigenvalue weighted by Gasteiger charge is 2.27. The molecule has 2 N–H and O–H groups in total. The van der Waals surface area contributed by atoms with Crippen LogP contribution in [0.25, 0.3) is 0 Å². The Hall–Kier alpha value is -0.130. The molecule has 0 aliphatic heterocycles. The van der Waals surface area contributed by atoms with Gasteiger partial charge in [0, 0.05) is 6.54 Å². The fourth-order valence-corrected chi connectivity index (χ4v) is 4.10. The second-order valence-electron chi connectivity index (χ2n) is 6.57. The molecule has 1 atom stereocenters. The summed E-state index contributed by atoms with van der Waals surface area (Å²) in [5.74, 6) is 0. The monoisotopic (exact) mass is 277 g/mol. The molecule has 0 heterocycles. The molecule has 1 rings (SSSR count). The minimum absolute atomic E-state index is 0.00962. The molecule has 4 nitrogen and oxygen atoms in total. The van der Waals surface area contributed by atoms with Gasteiger partial charge in [-0.2, -0.15) is 0 Å². The van der Waals surface area contributed by atoms with E-state index >= 15 is 0 Å². The highest BCUT2D eigenvalue weighted by molar-refractivity contribution is 7.90. The molecular weight excluding hydrogens is 250 g/mol. The van der Waals surface area contributed by atoms with Gasteiger partial charge in [-0.3, -0.25) is 0 Å². The van der Waals surface area contributed by atoms with E-state index in [0.29, 0.717) is 6.42 Å². The zero-order chi connectivity index (χ0) is 13.8. The minimum Gasteiger partial charge on any atom is -0.392 e. The Balaban J connectivity index is 2.41. The second kappa shape index (κ2) is 6.35. The number of hydrogen-bond donors (Lipinski definition) is 2. The lowest BCUT2D eigenvalue weighted by Gasteiger charge is -2.25. The topological polar surface area (TPSA) is 66.4 Å². The molecule has 0 spiro atoms. The summed E-state index contributed by atoms with van der Waals surface area (Å²) in [5.41, 5.74) is 0.00962. The zero-order valence-corrected chi connectivity index (χ0v) is 12.6. The SMILES string of the molecule is CC(C)(C)CC(O)CNS(=O)(=O)C1CCCCC1. The highest BCUT2D eigenvalue weighted by Crippen LogP contribution is 2.24. The molecule has 18 heavy (non-hydrogen) atoms. The number of nitrogens with one attached hydrogen (secondary N) is 1. The summed E-state index contributed by atoms with van der Waals surface area (Å²) in [4.78, 5) is 0. The molecule has 1 aliphatic rings. The van der Waals surface area contributed by atoms with Crippen molar-refractivity contribution in [3.63, 3.8) is 0 Å². The Kier molecular flexibility index (Phi) is 5.62. The van der Waals surface area contributed by atoms with Crippen molar-refractivity contribution in [3.05, 3.63) is 0 Å². The molecule has 0 aromatic heterocycles. The van der Waals surface area contributed by atoms with E-state index in [2.05, 4.69) is 4.72 Å². The number of aliphatic hydroxyl groups is 1. The smallest absolute Gasteiger partial charge is 0.214 e. The Bertz CT molecular complexity index is 340. The lowest BCUT2D eigenvalue weighted by molar-refractivity contribution is 0.125. The fraction of sp³-hybridized carbons (Fsp3) is 1.00.